The number of ether oxygens (including phenoxy) is 1. The highest BCUT2D eigenvalue weighted by Crippen LogP contribution is 2.09. The molecule has 0 aromatic carbocycles. The molecule has 2 fully saturated rings. The number of carbonyl (C=O) groups is 1. The number of rotatable bonds is 1. The average molecular weight is 260 g/mol. The molecule has 18 heavy (non-hydrogen) atoms. The molecule has 0 radical (unpaired) electrons. The SMILES string of the molecule is C.CC.CCC.O=C(C1CNC1)N1CCOCC1. The van der Waals surface area contributed by atoms with Gasteiger partial charge in [0, 0.05) is 26.2 Å². The van der Waals surface area contributed by atoms with Crippen LogP contribution in [-0.2, 0) is 9.53 Å². The van der Waals surface area contributed by atoms with Crippen LogP contribution in [0.2, 0.25) is 0 Å². The predicted octanol–water partition coefficient (Wildman–Crippen LogP) is 2.14. The summed E-state index contributed by atoms with van der Waals surface area (Å²) in [6.07, 6.45) is 1.25. The van der Waals surface area contributed by atoms with Gasteiger partial charge in [-0.1, -0.05) is 41.5 Å². The standard InChI is InChI=1S/C8H14N2O2.C3H8.C2H6.CH4/c11-8(7-5-9-6-7)10-1-3-12-4-2-10;1-3-2;1-2;/h7,9H,1-6H2;3H2,1-2H3;1-2H3;1H4. The van der Waals surface area contributed by atoms with Crippen molar-refractivity contribution < 1.29 is 9.53 Å². The lowest BCUT2D eigenvalue weighted by atomic mass is 10.0. The monoisotopic (exact) mass is 260 g/mol. The van der Waals surface area contributed by atoms with E-state index < -0.39 is 0 Å². The third-order valence-corrected chi connectivity index (χ3v) is 2.45. The summed E-state index contributed by atoms with van der Waals surface area (Å²) in [6.45, 7) is 12.9. The Labute approximate surface area is 113 Å². The Hall–Kier alpha value is -0.610. The van der Waals surface area contributed by atoms with Crippen molar-refractivity contribution >= 4 is 5.91 Å². The molecule has 1 N–H and O–H groups in total. The van der Waals surface area contributed by atoms with Crippen LogP contribution in [0.5, 0.6) is 0 Å². The Morgan fingerprint density at radius 1 is 1.22 bits per heavy atom. The molecule has 4 heteroatoms. The van der Waals surface area contributed by atoms with Gasteiger partial charge in [-0.25, -0.2) is 0 Å². The van der Waals surface area contributed by atoms with E-state index in [-0.39, 0.29) is 13.3 Å². The van der Waals surface area contributed by atoms with E-state index in [4.69, 9.17) is 4.74 Å². The second-order valence-electron chi connectivity index (χ2n) is 4.00. The Balaban J connectivity index is 0. The largest absolute Gasteiger partial charge is 0.378 e. The van der Waals surface area contributed by atoms with E-state index in [2.05, 4.69) is 19.2 Å². The zero-order valence-corrected chi connectivity index (χ0v) is 11.8. The van der Waals surface area contributed by atoms with Crippen molar-refractivity contribution in [3.8, 4) is 0 Å². The van der Waals surface area contributed by atoms with E-state index in [1.54, 1.807) is 0 Å². The van der Waals surface area contributed by atoms with Gasteiger partial charge in [0.15, 0.2) is 0 Å². The minimum Gasteiger partial charge on any atom is -0.378 e. The van der Waals surface area contributed by atoms with Crippen LogP contribution in [0.3, 0.4) is 0 Å². The molecule has 2 aliphatic heterocycles. The number of nitrogens with one attached hydrogen (secondary N) is 1. The molecule has 0 atom stereocenters. The lowest BCUT2D eigenvalue weighted by molar-refractivity contribution is -0.141. The van der Waals surface area contributed by atoms with Gasteiger partial charge in [-0.2, -0.15) is 0 Å². The first-order chi connectivity index (χ1) is 8.29. The maximum absolute atomic E-state index is 11.6. The summed E-state index contributed by atoms with van der Waals surface area (Å²) in [5.41, 5.74) is 0. The quantitative estimate of drug-likeness (QED) is 0.785. The minimum absolute atomic E-state index is 0. The molecule has 2 heterocycles. The highest BCUT2D eigenvalue weighted by molar-refractivity contribution is 5.80. The van der Waals surface area contributed by atoms with Crippen LogP contribution in [-0.4, -0.2) is 50.2 Å². The highest BCUT2D eigenvalue weighted by atomic mass is 16.5. The molecule has 0 saturated carbocycles. The third kappa shape index (κ3) is 6.97. The van der Waals surface area contributed by atoms with Crippen molar-refractivity contribution in [1.29, 1.82) is 0 Å². The molecule has 0 aliphatic carbocycles. The van der Waals surface area contributed by atoms with E-state index in [1.807, 2.05) is 18.7 Å². The van der Waals surface area contributed by atoms with Gasteiger partial charge < -0.3 is 15.0 Å². The summed E-state index contributed by atoms with van der Waals surface area (Å²) in [7, 11) is 0. The molecule has 2 aliphatic rings. The van der Waals surface area contributed by atoms with Gasteiger partial charge in [-0.15, -0.1) is 0 Å². The normalized spacial score (nSPS) is 18.1. The van der Waals surface area contributed by atoms with Gasteiger partial charge in [0.1, 0.15) is 0 Å². The van der Waals surface area contributed by atoms with Crippen LogP contribution in [0.25, 0.3) is 0 Å². The van der Waals surface area contributed by atoms with E-state index >= 15 is 0 Å². The van der Waals surface area contributed by atoms with Crippen LogP contribution in [0.4, 0.5) is 0 Å². The maximum atomic E-state index is 11.6. The molecule has 1 amide bonds. The van der Waals surface area contributed by atoms with Crippen LogP contribution >= 0.6 is 0 Å². The van der Waals surface area contributed by atoms with E-state index in [0.29, 0.717) is 19.1 Å². The summed E-state index contributed by atoms with van der Waals surface area (Å²) >= 11 is 0. The zero-order chi connectivity index (χ0) is 13.1. The van der Waals surface area contributed by atoms with E-state index in [9.17, 15) is 4.79 Å². The number of nitrogens with zero attached hydrogens (tertiary/aromatic N) is 1. The van der Waals surface area contributed by atoms with Crippen molar-refractivity contribution in [2.45, 2.75) is 41.5 Å². The Morgan fingerprint density at radius 2 is 1.67 bits per heavy atom. The fraction of sp³-hybridized carbons (Fsp3) is 0.929. The fourth-order valence-corrected chi connectivity index (χ4v) is 1.51. The van der Waals surface area contributed by atoms with E-state index in [1.165, 1.54) is 6.42 Å². The van der Waals surface area contributed by atoms with Crippen molar-refractivity contribution in [3.05, 3.63) is 0 Å². The highest BCUT2D eigenvalue weighted by Gasteiger charge is 2.29. The van der Waals surface area contributed by atoms with Gasteiger partial charge in [0.25, 0.3) is 0 Å². The Bertz CT molecular complexity index is 188. The molecule has 0 aromatic heterocycles. The predicted molar refractivity (Wildman–Crippen MR) is 77.8 cm³/mol. The van der Waals surface area contributed by atoms with Gasteiger partial charge in [0.2, 0.25) is 5.91 Å². The Kier molecular flexibility index (Phi) is 14.1. The molecule has 110 valence electrons. The molecule has 0 aromatic rings. The van der Waals surface area contributed by atoms with Crippen molar-refractivity contribution in [3.63, 3.8) is 0 Å². The van der Waals surface area contributed by atoms with Crippen LogP contribution in [0.15, 0.2) is 0 Å². The van der Waals surface area contributed by atoms with Crippen molar-refractivity contribution in [2.75, 3.05) is 39.4 Å². The molecule has 4 nitrogen and oxygen atoms in total. The summed E-state index contributed by atoms with van der Waals surface area (Å²) in [5, 5.41) is 3.10. The molecule has 0 unspecified atom stereocenters. The third-order valence-electron chi connectivity index (χ3n) is 2.45. The average Bonchev–Trinajstić information content (AvgIpc) is 2.32. The lowest BCUT2D eigenvalue weighted by Gasteiger charge is -2.34. The first-order valence-corrected chi connectivity index (χ1v) is 6.86. The number of hydrogen-bond donors (Lipinski definition) is 1. The second-order valence-corrected chi connectivity index (χ2v) is 4.00. The molecule has 2 rings (SSSR count). The molecular formula is C14H32N2O2. The lowest BCUT2D eigenvalue weighted by Crippen LogP contribution is -2.54. The second kappa shape index (κ2) is 12.8. The number of amides is 1. The smallest absolute Gasteiger partial charge is 0.228 e. The first kappa shape index (κ1) is 19.7. The van der Waals surface area contributed by atoms with Gasteiger partial charge in [-0.05, 0) is 0 Å². The van der Waals surface area contributed by atoms with Crippen LogP contribution in [0.1, 0.15) is 41.5 Å². The molecule has 2 saturated heterocycles. The first-order valence-electron chi connectivity index (χ1n) is 6.86. The molecule has 0 spiro atoms. The van der Waals surface area contributed by atoms with Crippen LogP contribution < -0.4 is 5.32 Å². The van der Waals surface area contributed by atoms with E-state index in [0.717, 1.165) is 26.2 Å². The summed E-state index contributed by atoms with van der Waals surface area (Å²) < 4.78 is 5.17. The number of morpholine rings is 1. The summed E-state index contributed by atoms with van der Waals surface area (Å²) in [4.78, 5) is 13.5. The number of carbonyl (C=O) groups excluding carboxylic acids is 1. The summed E-state index contributed by atoms with van der Waals surface area (Å²) in [5.74, 6) is 0.542. The van der Waals surface area contributed by atoms with Gasteiger partial charge >= 0.3 is 0 Å². The van der Waals surface area contributed by atoms with Crippen molar-refractivity contribution in [2.24, 2.45) is 5.92 Å². The minimum atomic E-state index is 0. The van der Waals surface area contributed by atoms with Gasteiger partial charge in [-0.3, -0.25) is 4.79 Å². The summed E-state index contributed by atoms with van der Waals surface area (Å²) in [6, 6.07) is 0. The maximum Gasteiger partial charge on any atom is 0.228 e. The zero-order valence-electron chi connectivity index (χ0n) is 11.8. The molecule has 0 bridgehead atoms. The topological polar surface area (TPSA) is 41.6 Å². The van der Waals surface area contributed by atoms with Crippen LogP contribution in [0, 0.1) is 5.92 Å². The van der Waals surface area contributed by atoms with Crippen molar-refractivity contribution in [1.82, 2.24) is 10.2 Å². The molecular weight excluding hydrogens is 228 g/mol. The fourth-order valence-electron chi connectivity index (χ4n) is 1.51. The number of hydrogen-bond acceptors (Lipinski definition) is 3. The van der Waals surface area contributed by atoms with Gasteiger partial charge in [0.05, 0.1) is 19.1 Å². The Morgan fingerprint density at radius 3 is 2.00 bits per heavy atom.